The zero-order chi connectivity index (χ0) is 11.5. The summed E-state index contributed by atoms with van der Waals surface area (Å²) in [4.78, 5) is 16.9. The molecule has 2 saturated heterocycles. The minimum Gasteiger partial charge on any atom is -0.313 e. The summed E-state index contributed by atoms with van der Waals surface area (Å²) in [5.41, 5.74) is 0. The first-order chi connectivity index (χ1) is 7.68. The largest absolute Gasteiger partial charge is 0.313 e. The molecule has 0 bridgehead atoms. The normalized spacial score (nSPS) is 33.9. The predicted octanol–water partition coefficient (Wildman–Crippen LogP) is -0.199. The number of carbonyl (C=O) groups is 1. The van der Waals surface area contributed by atoms with Crippen molar-refractivity contribution in [2.75, 3.05) is 46.8 Å². The fourth-order valence-electron chi connectivity index (χ4n) is 2.79. The van der Waals surface area contributed by atoms with Crippen molar-refractivity contribution in [3.8, 4) is 0 Å². The van der Waals surface area contributed by atoms with Crippen LogP contribution in [0.3, 0.4) is 0 Å². The first-order valence-electron chi connectivity index (χ1n) is 6.31. The number of piperazine rings is 1. The molecule has 2 fully saturated rings. The van der Waals surface area contributed by atoms with Gasteiger partial charge in [0.25, 0.3) is 0 Å². The molecule has 0 radical (unpaired) electrons. The van der Waals surface area contributed by atoms with Gasteiger partial charge >= 0.3 is 0 Å². The fraction of sp³-hybridized carbons (Fsp3) is 0.917. The third-order valence-electron chi connectivity index (χ3n) is 3.87. The summed E-state index contributed by atoms with van der Waals surface area (Å²) in [7, 11) is 4.18. The van der Waals surface area contributed by atoms with E-state index in [0.29, 0.717) is 5.78 Å². The SMILES string of the molecule is CN1CCCC(C(=O)C2CNCCN2C)C1. The highest BCUT2D eigenvalue weighted by atomic mass is 16.1. The molecule has 0 aliphatic carbocycles. The van der Waals surface area contributed by atoms with E-state index in [9.17, 15) is 4.79 Å². The highest BCUT2D eigenvalue weighted by Gasteiger charge is 2.32. The zero-order valence-corrected chi connectivity index (χ0v) is 10.4. The van der Waals surface area contributed by atoms with Crippen molar-refractivity contribution in [3.63, 3.8) is 0 Å². The van der Waals surface area contributed by atoms with Crippen molar-refractivity contribution in [1.29, 1.82) is 0 Å². The number of likely N-dealkylation sites (tertiary alicyclic amines) is 1. The molecule has 0 aromatic heterocycles. The summed E-state index contributed by atoms with van der Waals surface area (Å²) in [6, 6.07) is 0.102. The molecule has 2 heterocycles. The number of nitrogens with zero attached hydrogens (tertiary/aromatic N) is 2. The van der Waals surface area contributed by atoms with E-state index in [1.807, 2.05) is 0 Å². The van der Waals surface area contributed by atoms with Gasteiger partial charge in [-0.15, -0.1) is 0 Å². The molecule has 0 aromatic rings. The molecule has 0 aromatic carbocycles. The molecule has 2 unspecified atom stereocenters. The van der Waals surface area contributed by atoms with Crippen molar-refractivity contribution < 1.29 is 4.79 Å². The summed E-state index contributed by atoms with van der Waals surface area (Å²) < 4.78 is 0. The first kappa shape index (κ1) is 12.0. The number of carbonyl (C=O) groups excluding carboxylic acids is 1. The van der Waals surface area contributed by atoms with Crippen LogP contribution >= 0.6 is 0 Å². The average molecular weight is 225 g/mol. The molecule has 16 heavy (non-hydrogen) atoms. The smallest absolute Gasteiger partial charge is 0.155 e. The van der Waals surface area contributed by atoms with Gasteiger partial charge in [-0.05, 0) is 33.5 Å². The van der Waals surface area contributed by atoms with Gasteiger partial charge in [0, 0.05) is 32.1 Å². The van der Waals surface area contributed by atoms with Crippen LogP contribution in [0.4, 0.5) is 0 Å². The molecule has 0 saturated carbocycles. The van der Waals surface area contributed by atoms with E-state index in [-0.39, 0.29) is 12.0 Å². The molecule has 4 nitrogen and oxygen atoms in total. The molecule has 92 valence electrons. The number of nitrogens with one attached hydrogen (secondary N) is 1. The van der Waals surface area contributed by atoms with Gasteiger partial charge in [0.15, 0.2) is 5.78 Å². The second-order valence-electron chi connectivity index (χ2n) is 5.20. The summed E-state index contributed by atoms with van der Waals surface area (Å²) >= 11 is 0. The second-order valence-corrected chi connectivity index (χ2v) is 5.20. The maximum Gasteiger partial charge on any atom is 0.155 e. The van der Waals surface area contributed by atoms with Gasteiger partial charge in [0.05, 0.1) is 6.04 Å². The molecular weight excluding hydrogens is 202 g/mol. The van der Waals surface area contributed by atoms with Crippen molar-refractivity contribution in [2.45, 2.75) is 18.9 Å². The van der Waals surface area contributed by atoms with Gasteiger partial charge in [0.1, 0.15) is 0 Å². The Hall–Kier alpha value is -0.450. The Morgan fingerprint density at radius 3 is 2.81 bits per heavy atom. The van der Waals surface area contributed by atoms with Gasteiger partial charge < -0.3 is 10.2 Å². The molecule has 0 amide bonds. The maximum atomic E-state index is 12.4. The van der Waals surface area contributed by atoms with Crippen LogP contribution in [0.15, 0.2) is 0 Å². The topological polar surface area (TPSA) is 35.6 Å². The summed E-state index contributed by atoms with van der Waals surface area (Å²) in [5.74, 6) is 0.701. The van der Waals surface area contributed by atoms with Crippen LogP contribution in [0.1, 0.15) is 12.8 Å². The Morgan fingerprint density at radius 1 is 1.31 bits per heavy atom. The van der Waals surface area contributed by atoms with E-state index in [0.717, 1.165) is 45.6 Å². The molecule has 0 spiro atoms. The van der Waals surface area contributed by atoms with Crippen LogP contribution in [0.5, 0.6) is 0 Å². The van der Waals surface area contributed by atoms with Gasteiger partial charge in [-0.2, -0.15) is 0 Å². The van der Waals surface area contributed by atoms with Crippen LogP contribution in [0, 0.1) is 5.92 Å². The Bertz CT molecular complexity index is 257. The lowest BCUT2D eigenvalue weighted by Crippen LogP contribution is -2.55. The highest BCUT2D eigenvalue weighted by molar-refractivity contribution is 5.87. The van der Waals surface area contributed by atoms with Crippen LogP contribution in [-0.2, 0) is 4.79 Å². The van der Waals surface area contributed by atoms with E-state index in [2.05, 4.69) is 29.2 Å². The predicted molar refractivity (Wildman–Crippen MR) is 64.5 cm³/mol. The molecule has 2 aliphatic heterocycles. The second kappa shape index (κ2) is 5.25. The van der Waals surface area contributed by atoms with Crippen LogP contribution in [0.25, 0.3) is 0 Å². The van der Waals surface area contributed by atoms with Crippen LogP contribution < -0.4 is 5.32 Å². The summed E-state index contributed by atoms with van der Waals surface area (Å²) in [6.07, 6.45) is 2.24. The van der Waals surface area contributed by atoms with Gasteiger partial charge in [-0.25, -0.2) is 0 Å². The molecule has 2 atom stereocenters. The zero-order valence-electron chi connectivity index (χ0n) is 10.4. The average Bonchev–Trinajstić information content (AvgIpc) is 2.29. The molecule has 2 rings (SSSR count). The standard InChI is InChI=1S/C12H23N3O/c1-14-6-3-4-10(9-14)12(16)11-8-13-5-7-15(11)2/h10-11,13H,3-9H2,1-2H3. The monoisotopic (exact) mass is 225 g/mol. The number of Topliss-reactive ketones (excluding diaryl/α,β-unsaturated/α-hetero) is 1. The Labute approximate surface area is 98.0 Å². The Kier molecular flexibility index (Phi) is 3.95. The number of hydrogen-bond donors (Lipinski definition) is 1. The number of ketones is 1. The fourth-order valence-corrected chi connectivity index (χ4v) is 2.79. The lowest BCUT2D eigenvalue weighted by Gasteiger charge is -2.36. The van der Waals surface area contributed by atoms with E-state index >= 15 is 0 Å². The van der Waals surface area contributed by atoms with Crippen molar-refractivity contribution >= 4 is 5.78 Å². The first-order valence-corrected chi connectivity index (χ1v) is 6.31. The van der Waals surface area contributed by atoms with Gasteiger partial charge in [0.2, 0.25) is 0 Å². The third-order valence-corrected chi connectivity index (χ3v) is 3.87. The van der Waals surface area contributed by atoms with Crippen LogP contribution in [0.2, 0.25) is 0 Å². The van der Waals surface area contributed by atoms with E-state index in [1.165, 1.54) is 0 Å². The molecular formula is C12H23N3O. The maximum absolute atomic E-state index is 12.4. The van der Waals surface area contributed by atoms with E-state index in [1.54, 1.807) is 0 Å². The Balaban J connectivity index is 1.94. The van der Waals surface area contributed by atoms with Crippen molar-refractivity contribution in [3.05, 3.63) is 0 Å². The minimum absolute atomic E-state index is 0.102. The van der Waals surface area contributed by atoms with Gasteiger partial charge in [-0.1, -0.05) is 0 Å². The van der Waals surface area contributed by atoms with E-state index in [4.69, 9.17) is 0 Å². The number of rotatable bonds is 2. The van der Waals surface area contributed by atoms with Crippen molar-refractivity contribution in [2.24, 2.45) is 5.92 Å². The lowest BCUT2D eigenvalue weighted by molar-refractivity contribution is -0.129. The van der Waals surface area contributed by atoms with Crippen LogP contribution in [-0.4, -0.2) is 68.4 Å². The Morgan fingerprint density at radius 2 is 2.12 bits per heavy atom. The van der Waals surface area contributed by atoms with Gasteiger partial charge in [-0.3, -0.25) is 9.69 Å². The lowest BCUT2D eigenvalue weighted by atomic mass is 9.89. The quantitative estimate of drug-likeness (QED) is 0.706. The van der Waals surface area contributed by atoms with Crippen molar-refractivity contribution in [1.82, 2.24) is 15.1 Å². The molecule has 1 N–H and O–H groups in total. The van der Waals surface area contributed by atoms with E-state index < -0.39 is 0 Å². The minimum atomic E-state index is 0.102. The highest BCUT2D eigenvalue weighted by Crippen LogP contribution is 2.19. The third kappa shape index (κ3) is 2.62. The number of piperidine rings is 1. The molecule has 4 heteroatoms. The number of hydrogen-bond acceptors (Lipinski definition) is 4. The summed E-state index contributed by atoms with van der Waals surface area (Å²) in [5, 5.41) is 3.32. The molecule has 2 aliphatic rings. The summed E-state index contributed by atoms with van der Waals surface area (Å²) in [6.45, 7) is 4.91. The number of likely N-dealkylation sites (N-methyl/N-ethyl adjacent to an activating group) is 1.